The van der Waals surface area contributed by atoms with Gasteiger partial charge in [0.2, 0.25) is 0 Å². The molecule has 1 fully saturated rings. The Morgan fingerprint density at radius 3 is 2.89 bits per heavy atom. The number of nitrogens with one attached hydrogen (secondary N) is 1. The lowest BCUT2D eigenvalue weighted by molar-refractivity contribution is 0.242. The Hall–Kier alpha value is -1.60. The smallest absolute Gasteiger partial charge is 0.266 e. The number of aryl methyl sites for hydroxylation is 1. The molecule has 0 radical (unpaired) electrons. The number of nitriles is 1. The first-order valence-electron chi connectivity index (χ1n) is 6.56. The van der Waals surface area contributed by atoms with E-state index in [-0.39, 0.29) is 5.56 Å². The first-order valence-corrected chi connectivity index (χ1v) is 6.56. The number of rotatable bonds is 2. The maximum Gasteiger partial charge on any atom is 0.266 e. The van der Waals surface area contributed by atoms with Crippen molar-refractivity contribution < 1.29 is 0 Å². The molecule has 2 heterocycles. The highest BCUT2D eigenvalue weighted by Crippen LogP contribution is 2.32. The van der Waals surface area contributed by atoms with Gasteiger partial charge < -0.3 is 4.98 Å². The van der Waals surface area contributed by atoms with Gasteiger partial charge in [-0.2, -0.15) is 5.26 Å². The summed E-state index contributed by atoms with van der Waals surface area (Å²) in [6.07, 6.45) is 3.55. The molecule has 0 spiro atoms. The summed E-state index contributed by atoms with van der Waals surface area (Å²) in [5.41, 5.74) is 3.16. The summed E-state index contributed by atoms with van der Waals surface area (Å²) >= 11 is 0. The fourth-order valence-corrected chi connectivity index (χ4v) is 2.82. The van der Waals surface area contributed by atoms with Crippen LogP contribution in [0.2, 0.25) is 0 Å². The Morgan fingerprint density at radius 2 is 2.22 bits per heavy atom. The molecule has 18 heavy (non-hydrogen) atoms. The molecular weight excluding hydrogens is 226 g/mol. The number of nitrogens with zero attached hydrogens (tertiary/aromatic N) is 2. The molecule has 4 heteroatoms. The molecule has 0 bridgehead atoms. The van der Waals surface area contributed by atoms with E-state index in [4.69, 9.17) is 5.26 Å². The Kier molecular flexibility index (Phi) is 2.71. The van der Waals surface area contributed by atoms with Crippen LogP contribution in [0.1, 0.15) is 35.2 Å². The third-order valence-electron chi connectivity index (χ3n) is 4.03. The first kappa shape index (κ1) is 11.5. The third kappa shape index (κ3) is 1.95. The van der Waals surface area contributed by atoms with Crippen LogP contribution in [-0.2, 0) is 13.0 Å². The molecule has 94 valence electrons. The number of hydrogen-bond donors (Lipinski definition) is 1. The molecule has 1 N–H and O–H groups in total. The lowest BCUT2D eigenvalue weighted by Gasteiger charge is -2.30. The van der Waals surface area contributed by atoms with E-state index in [9.17, 15) is 4.79 Å². The zero-order chi connectivity index (χ0) is 12.7. The van der Waals surface area contributed by atoms with Gasteiger partial charge in [0.05, 0.1) is 0 Å². The minimum atomic E-state index is -0.232. The average Bonchev–Trinajstić information content (AvgIpc) is 3.14. The zero-order valence-electron chi connectivity index (χ0n) is 10.6. The number of H-pyrrole nitrogens is 1. The number of pyridine rings is 1. The molecule has 1 aliphatic carbocycles. The van der Waals surface area contributed by atoms with Crippen LogP contribution in [0.3, 0.4) is 0 Å². The molecule has 0 atom stereocenters. The van der Waals surface area contributed by atoms with Gasteiger partial charge in [-0.15, -0.1) is 0 Å². The summed E-state index contributed by atoms with van der Waals surface area (Å²) in [6, 6.07) is 2.06. The fourth-order valence-electron chi connectivity index (χ4n) is 2.82. The van der Waals surface area contributed by atoms with Crippen LogP contribution in [0, 0.1) is 24.2 Å². The van der Waals surface area contributed by atoms with Crippen molar-refractivity contribution in [3.05, 3.63) is 32.7 Å². The van der Waals surface area contributed by atoms with Crippen LogP contribution in [0.5, 0.6) is 0 Å². The van der Waals surface area contributed by atoms with Crippen LogP contribution in [-0.4, -0.2) is 23.0 Å². The van der Waals surface area contributed by atoms with Crippen LogP contribution < -0.4 is 5.56 Å². The van der Waals surface area contributed by atoms with Crippen molar-refractivity contribution in [2.75, 3.05) is 13.1 Å². The van der Waals surface area contributed by atoms with Crippen LogP contribution in [0.25, 0.3) is 0 Å². The van der Waals surface area contributed by atoms with E-state index in [1.165, 1.54) is 19.4 Å². The monoisotopic (exact) mass is 243 g/mol. The normalized spacial score (nSPS) is 19.3. The van der Waals surface area contributed by atoms with Crippen molar-refractivity contribution in [3.8, 4) is 6.07 Å². The summed E-state index contributed by atoms with van der Waals surface area (Å²) in [5.74, 6) is 0.880. The van der Waals surface area contributed by atoms with Gasteiger partial charge in [0.1, 0.15) is 11.6 Å². The molecular formula is C14H17N3O. The van der Waals surface area contributed by atoms with E-state index in [0.717, 1.165) is 42.2 Å². The SMILES string of the molecule is Cc1[nH]c(=O)c(C#N)c2c1CN(CC1CC1)CC2. The zero-order valence-corrected chi connectivity index (χ0v) is 10.6. The molecule has 1 aliphatic heterocycles. The minimum absolute atomic E-state index is 0.232. The highest BCUT2D eigenvalue weighted by Gasteiger charge is 2.28. The number of hydrogen-bond acceptors (Lipinski definition) is 3. The maximum absolute atomic E-state index is 11.7. The van der Waals surface area contributed by atoms with E-state index in [0.29, 0.717) is 5.56 Å². The van der Waals surface area contributed by atoms with Gasteiger partial charge in [0.15, 0.2) is 0 Å². The molecule has 1 aromatic heterocycles. The van der Waals surface area contributed by atoms with Gasteiger partial charge in [0, 0.05) is 25.3 Å². The van der Waals surface area contributed by atoms with Crippen LogP contribution in [0.15, 0.2) is 4.79 Å². The van der Waals surface area contributed by atoms with E-state index in [1.807, 2.05) is 6.92 Å². The summed E-state index contributed by atoms with van der Waals surface area (Å²) in [6.45, 7) is 4.95. The summed E-state index contributed by atoms with van der Waals surface area (Å²) < 4.78 is 0. The highest BCUT2D eigenvalue weighted by atomic mass is 16.1. The fraction of sp³-hybridized carbons (Fsp3) is 0.571. The first-order chi connectivity index (χ1) is 8.69. The molecule has 1 aromatic rings. The van der Waals surface area contributed by atoms with Crippen molar-refractivity contribution in [2.24, 2.45) is 5.92 Å². The molecule has 2 aliphatic rings. The standard InChI is InChI=1S/C14H17N3O/c1-9-13-8-17(7-10-2-3-10)5-4-11(13)12(6-15)14(18)16-9/h10H,2-5,7-8H2,1H3,(H,16,18). The highest BCUT2D eigenvalue weighted by molar-refractivity contribution is 5.44. The van der Waals surface area contributed by atoms with Gasteiger partial charge in [0.25, 0.3) is 5.56 Å². The minimum Gasteiger partial charge on any atom is -0.325 e. The van der Waals surface area contributed by atoms with Gasteiger partial charge in [-0.05, 0) is 43.2 Å². The average molecular weight is 243 g/mol. The second-order valence-electron chi connectivity index (χ2n) is 5.45. The largest absolute Gasteiger partial charge is 0.325 e. The predicted octanol–water partition coefficient (Wildman–Crippen LogP) is 1.32. The second kappa shape index (κ2) is 4.25. The summed E-state index contributed by atoms with van der Waals surface area (Å²) in [7, 11) is 0. The Labute approximate surface area is 106 Å². The summed E-state index contributed by atoms with van der Waals surface area (Å²) in [4.78, 5) is 17.0. The van der Waals surface area contributed by atoms with Gasteiger partial charge in [-0.25, -0.2) is 0 Å². The van der Waals surface area contributed by atoms with Crippen LogP contribution >= 0.6 is 0 Å². The molecule has 0 saturated heterocycles. The number of aromatic nitrogens is 1. The van der Waals surface area contributed by atoms with Crippen molar-refractivity contribution in [3.63, 3.8) is 0 Å². The quantitative estimate of drug-likeness (QED) is 0.852. The number of aromatic amines is 1. The van der Waals surface area contributed by atoms with Crippen molar-refractivity contribution >= 4 is 0 Å². The van der Waals surface area contributed by atoms with Crippen LogP contribution in [0.4, 0.5) is 0 Å². The lowest BCUT2D eigenvalue weighted by Crippen LogP contribution is -2.35. The Balaban J connectivity index is 1.95. The predicted molar refractivity (Wildman–Crippen MR) is 68.2 cm³/mol. The van der Waals surface area contributed by atoms with E-state index < -0.39 is 0 Å². The molecule has 0 aromatic carbocycles. The molecule has 0 amide bonds. The van der Waals surface area contributed by atoms with E-state index in [1.54, 1.807) is 0 Å². The van der Waals surface area contributed by atoms with Gasteiger partial charge >= 0.3 is 0 Å². The van der Waals surface area contributed by atoms with Crippen molar-refractivity contribution in [1.82, 2.24) is 9.88 Å². The van der Waals surface area contributed by atoms with Crippen molar-refractivity contribution in [2.45, 2.75) is 32.7 Å². The third-order valence-corrected chi connectivity index (χ3v) is 4.03. The molecule has 4 nitrogen and oxygen atoms in total. The number of fused-ring (bicyclic) bond motifs is 1. The van der Waals surface area contributed by atoms with E-state index >= 15 is 0 Å². The second-order valence-corrected chi connectivity index (χ2v) is 5.45. The maximum atomic E-state index is 11.7. The molecule has 1 saturated carbocycles. The molecule has 3 rings (SSSR count). The van der Waals surface area contributed by atoms with Gasteiger partial charge in [-0.1, -0.05) is 0 Å². The van der Waals surface area contributed by atoms with Crippen molar-refractivity contribution in [1.29, 1.82) is 5.26 Å². The summed E-state index contributed by atoms with van der Waals surface area (Å²) in [5, 5.41) is 9.10. The Morgan fingerprint density at radius 1 is 1.44 bits per heavy atom. The van der Waals surface area contributed by atoms with E-state index in [2.05, 4.69) is 16.0 Å². The topological polar surface area (TPSA) is 59.9 Å². The lowest BCUT2D eigenvalue weighted by atomic mass is 9.95. The Bertz CT molecular complexity index is 578. The molecule has 0 unspecified atom stereocenters. The van der Waals surface area contributed by atoms with Gasteiger partial charge in [-0.3, -0.25) is 9.69 Å².